The zero-order valence-corrected chi connectivity index (χ0v) is 43.3. The van der Waals surface area contributed by atoms with Crippen LogP contribution in [0.15, 0.2) is 0 Å². The van der Waals surface area contributed by atoms with Gasteiger partial charge in [0, 0.05) is 6.42 Å². The molecule has 3 unspecified atom stereocenters. The molecule has 0 aromatic rings. The molecule has 5 nitrogen and oxygen atoms in total. The normalized spacial score (nSPS) is 13.2. The summed E-state index contributed by atoms with van der Waals surface area (Å²) in [6, 6.07) is -0.804. The lowest BCUT2D eigenvalue weighted by Crippen LogP contribution is -2.50. The van der Waals surface area contributed by atoms with E-state index in [9.17, 15) is 20.1 Å². The highest BCUT2D eigenvalue weighted by Gasteiger charge is 2.26. The molecule has 0 aliphatic heterocycles. The molecule has 0 saturated heterocycles. The first-order valence-electron chi connectivity index (χ1n) is 29.3. The summed E-state index contributed by atoms with van der Waals surface area (Å²) in [6.45, 7) is 4.22. The number of unbranched alkanes of at least 4 members (excludes halogenated alkanes) is 47. The van der Waals surface area contributed by atoms with Crippen molar-refractivity contribution in [2.75, 3.05) is 6.61 Å². The molecule has 0 fully saturated rings. The van der Waals surface area contributed by atoms with Crippen LogP contribution in [0.3, 0.4) is 0 Å². The molecule has 0 aliphatic rings. The SMILES string of the molecule is CCCCCCCCCCCCCCCCCCCCCCCCCCCCCCCCCCC(=O)NC(CO)C(O)C(O)CCCCCCCCCCCCCCCCCCC. The fourth-order valence-electron chi connectivity index (χ4n) is 9.70. The van der Waals surface area contributed by atoms with Gasteiger partial charge in [-0.2, -0.15) is 0 Å². The van der Waals surface area contributed by atoms with E-state index >= 15 is 0 Å². The van der Waals surface area contributed by atoms with Gasteiger partial charge in [0.05, 0.1) is 18.8 Å². The van der Waals surface area contributed by atoms with Crippen LogP contribution in [-0.4, -0.2) is 46.1 Å². The first-order chi connectivity index (χ1) is 31.1. The van der Waals surface area contributed by atoms with E-state index in [0.717, 1.165) is 32.1 Å². The number of carbonyl (C=O) groups is 1. The van der Waals surface area contributed by atoms with Crippen molar-refractivity contribution in [2.24, 2.45) is 0 Å². The summed E-state index contributed by atoms with van der Waals surface area (Å²) in [4.78, 5) is 12.5. The van der Waals surface area contributed by atoms with Crippen LogP contribution >= 0.6 is 0 Å². The lowest BCUT2D eigenvalue weighted by Gasteiger charge is -2.26. The van der Waals surface area contributed by atoms with Gasteiger partial charge >= 0.3 is 0 Å². The van der Waals surface area contributed by atoms with E-state index in [4.69, 9.17) is 0 Å². The van der Waals surface area contributed by atoms with Crippen LogP contribution in [0.5, 0.6) is 0 Å². The molecular weight excluding hydrogens is 775 g/mol. The topological polar surface area (TPSA) is 89.8 Å². The predicted molar refractivity (Wildman–Crippen MR) is 278 cm³/mol. The molecule has 0 aromatic heterocycles. The van der Waals surface area contributed by atoms with Crippen molar-refractivity contribution in [3.63, 3.8) is 0 Å². The second-order valence-corrected chi connectivity index (χ2v) is 20.6. The fourth-order valence-corrected chi connectivity index (χ4v) is 9.70. The van der Waals surface area contributed by atoms with Crippen LogP contribution in [0.25, 0.3) is 0 Å². The van der Waals surface area contributed by atoms with Crippen molar-refractivity contribution in [3.8, 4) is 0 Å². The second-order valence-electron chi connectivity index (χ2n) is 20.6. The van der Waals surface area contributed by atoms with Gasteiger partial charge in [-0.1, -0.05) is 322 Å². The van der Waals surface area contributed by atoms with Crippen molar-refractivity contribution in [2.45, 2.75) is 360 Å². The van der Waals surface area contributed by atoms with E-state index in [2.05, 4.69) is 19.2 Å². The first-order valence-corrected chi connectivity index (χ1v) is 29.3. The maximum atomic E-state index is 12.5. The highest BCUT2D eigenvalue weighted by Crippen LogP contribution is 2.19. The average Bonchev–Trinajstić information content (AvgIpc) is 3.29. The maximum Gasteiger partial charge on any atom is 0.220 e. The second kappa shape index (κ2) is 54.0. The average molecular weight is 893 g/mol. The molecule has 0 aliphatic carbocycles. The summed E-state index contributed by atoms with van der Waals surface area (Å²) in [7, 11) is 0. The lowest BCUT2D eigenvalue weighted by atomic mass is 9.99. The minimum Gasteiger partial charge on any atom is -0.394 e. The van der Waals surface area contributed by atoms with E-state index in [0.29, 0.717) is 12.8 Å². The molecule has 0 radical (unpaired) electrons. The van der Waals surface area contributed by atoms with Gasteiger partial charge in [0.25, 0.3) is 0 Å². The first kappa shape index (κ1) is 62.4. The van der Waals surface area contributed by atoms with E-state index < -0.39 is 18.2 Å². The van der Waals surface area contributed by atoms with Crippen LogP contribution in [0.2, 0.25) is 0 Å². The highest BCUT2D eigenvalue weighted by atomic mass is 16.3. The number of carbonyl (C=O) groups excluding carboxylic acids is 1. The Bertz CT molecular complexity index is 853. The van der Waals surface area contributed by atoms with E-state index in [1.807, 2.05) is 0 Å². The van der Waals surface area contributed by atoms with E-state index in [-0.39, 0.29) is 12.5 Å². The Morgan fingerprint density at radius 1 is 0.333 bits per heavy atom. The minimum atomic E-state index is -1.13. The minimum absolute atomic E-state index is 0.135. The standard InChI is InChI=1S/C58H117NO4/c1-3-5-7-9-11-13-15-17-19-21-22-23-24-25-26-27-28-29-30-31-32-33-34-35-37-39-41-43-45-47-49-51-53-57(62)59-55(54-60)58(63)56(61)52-50-48-46-44-42-40-38-36-20-18-16-14-12-10-8-6-4-2/h55-56,58,60-61,63H,3-54H2,1-2H3,(H,59,62). The Hall–Kier alpha value is -0.650. The van der Waals surface area contributed by atoms with Crippen molar-refractivity contribution in [3.05, 3.63) is 0 Å². The largest absolute Gasteiger partial charge is 0.394 e. The summed E-state index contributed by atoms with van der Waals surface area (Å²) in [6.07, 6.45) is 65.6. The molecule has 378 valence electrons. The molecule has 0 saturated carbocycles. The van der Waals surface area contributed by atoms with E-state index in [1.54, 1.807) is 0 Å². The summed E-state index contributed by atoms with van der Waals surface area (Å²) >= 11 is 0. The summed E-state index contributed by atoms with van der Waals surface area (Å²) < 4.78 is 0. The Morgan fingerprint density at radius 3 is 0.762 bits per heavy atom. The Kier molecular flexibility index (Phi) is 53.4. The van der Waals surface area contributed by atoms with Gasteiger partial charge in [0.1, 0.15) is 6.10 Å². The molecule has 0 spiro atoms. The maximum absolute atomic E-state index is 12.5. The number of hydrogen-bond acceptors (Lipinski definition) is 4. The Morgan fingerprint density at radius 2 is 0.540 bits per heavy atom. The fraction of sp³-hybridized carbons (Fsp3) is 0.983. The molecule has 63 heavy (non-hydrogen) atoms. The molecule has 5 heteroatoms. The van der Waals surface area contributed by atoms with E-state index in [1.165, 1.54) is 283 Å². The smallest absolute Gasteiger partial charge is 0.220 e. The molecule has 1 amide bonds. The van der Waals surface area contributed by atoms with Crippen LogP contribution in [0.4, 0.5) is 0 Å². The third-order valence-electron chi connectivity index (χ3n) is 14.2. The van der Waals surface area contributed by atoms with Gasteiger partial charge in [-0.15, -0.1) is 0 Å². The van der Waals surface area contributed by atoms with Gasteiger partial charge in [0.2, 0.25) is 5.91 Å². The number of hydrogen-bond donors (Lipinski definition) is 4. The van der Waals surface area contributed by atoms with Crippen LogP contribution in [0.1, 0.15) is 341 Å². The van der Waals surface area contributed by atoms with Crippen molar-refractivity contribution in [1.82, 2.24) is 5.32 Å². The highest BCUT2D eigenvalue weighted by molar-refractivity contribution is 5.76. The third-order valence-corrected chi connectivity index (χ3v) is 14.2. The molecular formula is C58H117NO4. The number of rotatable bonds is 55. The summed E-state index contributed by atoms with van der Waals surface area (Å²) in [5, 5.41) is 33.8. The Labute approximate surface area is 396 Å². The van der Waals surface area contributed by atoms with Crippen LogP contribution < -0.4 is 5.32 Å². The lowest BCUT2D eigenvalue weighted by molar-refractivity contribution is -0.124. The van der Waals surface area contributed by atoms with Crippen molar-refractivity contribution < 1.29 is 20.1 Å². The van der Waals surface area contributed by atoms with Gasteiger partial charge in [-0.05, 0) is 12.8 Å². The van der Waals surface area contributed by atoms with Gasteiger partial charge in [0.15, 0.2) is 0 Å². The third kappa shape index (κ3) is 49.1. The van der Waals surface area contributed by atoms with Gasteiger partial charge < -0.3 is 20.6 Å². The van der Waals surface area contributed by atoms with Crippen molar-refractivity contribution in [1.29, 1.82) is 0 Å². The quantitative estimate of drug-likeness (QED) is 0.0458. The molecule has 4 N–H and O–H groups in total. The molecule has 0 bridgehead atoms. The monoisotopic (exact) mass is 892 g/mol. The van der Waals surface area contributed by atoms with Crippen molar-refractivity contribution >= 4 is 5.91 Å². The summed E-state index contributed by atoms with van der Waals surface area (Å²) in [5.74, 6) is -0.135. The Balaban J connectivity index is 3.44. The zero-order chi connectivity index (χ0) is 45.8. The molecule has 0 heterocycles. The number of amides is 1. The predicted octanol–water partition coefficient (Wildman–Crippen LogP) is 18.1. The summed E-state index contributed by atoms with van der Waals surface area (Å²) in [5.41, 5.74) is 0. The zero-order valence-electron chi connectivity index (χ0n) is 43.3. The number of nitrogens with one attached hydrogen (secondary N) is 1. The number of aliphatic hydroxyl groups excluding tert-OH is 3. The molecule has 3 atom stereocenters. The van der Waals surface area contributed by atoms with Crippen LogP contribution in [-0.2, 0) is 4.79 Å². The van der Waals surface area contributed by atoms with Crippen LogP contribution in [0, 0.1) is 0 Å². The molecule has 0 aromatic carbocycles. The molecule has 0 rings (SSSR count). The number of aliphatic hydroxyl groups is 3. The van der Waals surface area contributed by atoms with Gasteiger partial charge in [-0.3, -0.25) is 4.79 Å². The van der Waals surface area contributed by atoms with Gasteiger partial charge in [-0.25, -0.2) is 0 Å².